The van der Waals surface area contributed by atoms with Gasteiger partial charge < -0.3 is 19.9 Å². The van der Waals surface area contributed by atoms with Crippen LogP contribution in [0.4, 0.5) is 5.69 Å². The maximum atomic E-state index is 5.94. The van der Waals surface area contributed by atoms with Crippen molar-refractivity contribution in [3.05, 3.63) is 12.1 Å². The number of rotatable bonds is 6. The molecule has 2 atom stereocenters. The van der Waals surface area contributed by atoms with Crippen LogP contribution in [0.25, 0.3) is 0 Å². The summed E-state index contributed by atoms with van der Waals surface area (Å²) in [6.07, 6.45) is 5.55. The van der Waals surface area contributed by atoms with Gasteiger partial charge >= 0.3 is 0 Å². The summed E-state index contributed by atoms with van der Waals surface area (Å²) >= 11 is 0. The number of nitrogens with two attached hydrogens (primary N) is 1. The lowest BCUT2D eigenvalue weighted by Crippen LogP contribution is -2.29. The van der Waals surface area contributed by atoms with Crippen molar-refractivity contribution in [1.82, 2.24) is 4.98 Å². The molecule has 0 spiro atoms. The number of nitrogens with zero attached hydrogens (tertiary/aromatic N) is 1. The smallest absolute Gasteiger partial charge is 0.240 e. The minimum Gasteiger partial charge on any atom is -0.476 e. The molecule has 2 rings (SSSR count). The van der Waals surface area contributed by atoms with E-state index in [1.54, 1.807) is 19.2 Å². The van der Waals surface area contributed by atoms with Crippen molar-refractivity contribution < 1.29 is 14.2 Å². The minimum atomic E-state index is 0.156. The first-order valence-electron chi connectivity index (χ1n) is 7.31. The van der Waals surface area contributed by atoms with Gasteiger partial charge in [-0.3, -0.25) is 0 Å². The van der Waals surface area contributed by atoms with Crippen LogP contribution in [0.5, 0.6) is 11.8 Å². The summed E-state index contributed by atoms with van der Waals surface area (Å²) in [6.45, 7) is 2.65. The Labute approximate surface area is 120 Å². The molecule has 0 saturated heterocycles. The largest absolute Gasteiger partial charge is 0.476 e. The lowest BCUT2D eigenvalue weighted by molar-refractivity contribution is 0.0193. The van der Waals surface area contributed by atoms with Gasteiger partial charge in [-0.1, -0.05) is 6.92 Å². The molecule has 1 heterocycles. The summed E-state index contributed by atoms with van der Waals surface area (Å²) in [5.41, 5.74) is 6.39. The van der Waals surface area contributed by atoms with Crippen LogP contribution in [0.2, 0.25) is 0 Å². The number of nitrogen functional groups attached to an aromatic ring is 1. The first-order valence-corrected chi connectivity index (χ1v) is 7.31. The predicted octanol–water partition coefficient (Wildman–Crippen LogP) is 2.79. The van der Waals surface area contributed by atoms with E-state index in [-0.39, 0.29) is 6.10 Å². The monoisotopic (exact) mass is 280 g/mol. The van der Waals surface area contributed by atoms with Gasteiger partial charge in [-0.05, 0) is 31.7 Å². The average molecular weight is 280 g/mol. The molecule has 0 amide bonds. The van der Waals surface area contributed by atoms with Crippen LogP contribution in [0.1, 0.15) is 39.0 Å². The summed E-state index contributed by atoms with van der Waals surface area (Å²) in [6, 6.07) is 3.58. The molecule has 5 nitrogen and oxygen atoms in total. The maximum Gasteiger partial charge on any atom is 0.240 e. The van der Waals surface area contributed by atoms with Crippen molar-refractivity contribution in [2.24, 2.45) is 0 Å². The average Bonchev–Trinajstić information content (AvgIpc) is 2.48. The third-order valence-corrected chi connectivity index (χ3v) is 3.51. The van der Waals surface area contributed by atoms with Gasteiger partial charge in [-0.15, -0.1) is 0 Å². The van der Waals surface area contributed by atoms with E-state index in [0.29, 0.717) is 30.2 Å². The van der Waals surface area contributed by atoms with Crippen LogP contribution >= 0.6 is 0 Å². The Bertz CT molecular complexity index is 426. The summed E-state index contributed by atoms with van der Waals surface area (Å²) in [7, 11) is 1.76. The first kappa shape index (κ1) is 14.9. The van der Waals surface area contributed by atoms with Gasteiger partial charge in [0.2, 0.25) is 11.8 Å². The Morgan fingerprint density at radius 3 is 2.85 bits per heavy atom. The molecule has 5 heteroatoms. The van der Waals surface area contributed by atoms with E-state index in [1.807, 2.05) is 6.92 Å². The molecule has 112 valence electrons. The van der Waals surface area contributed by atoms with Crippen molar-refractivity contribution in [3.63, 3.8) is 0 Å². The second kappa shape index (κ2) is 7.33. The summed E-state index contributed by atoms with van der Waals surface area (Å²) in [4.78, 5) is 4.34. The molecule has 2 unspecified atom stereocenters. The van der Waals surface area contributed by atoms with E-state index in [1.165, 1.54) is 0 Å². The Hall–Kier alpha value is -1.49. The molecule has 1 aromatic heterocycles. The second-order valence-electron chi connectivity index (χ2n) is 5.16. The quantitative estimate of drug-likeness (QED) is 0.868. The summed E-state index contributed by atoms with van der Waals surface area (Å²) < 4.78 is 16.9. The highest BCUT2D eigenvalue weighted by Crippen LogP contribution is 2.27. The van der Waals surface area contributed by atoms with Crippen LogP contribution in [0.3, 0.4) is 0 Å². The zero-order chi connectivity index (χ0) is 14.4. The molecule has 1 aromatic rings. The Balaban J connectivity index is 1.98. The molecular weight excluding hydrogens is 256 g/mol. The summed E-state index contributed by atoms with van der Waals surface area (Å²) in [5.74, 6) is 1.04. The van der Waals surface area contributed by atoms with E-state index < -0.39 is 0 Å². The van der Waals surface area contributed by atoms with Crippen molar-refractivity contribution in [2.75, 3.05) is 19.5 Å². The molecule has 0 radical (unpaired) electrons. The van der Waals surface area contributed by atoms with Crippen molar-refractivity contribution >= 4 is 5.69 Å². The van der Waals surface area contributed by atoms with E-state index in [2.05, 4.69) is 4.98 Å². The van der Waals surface area contributed by atoms with Crippen LogP contribution in [0.15, 0.2) is 12.1 Å². The van der Waals surface area contributed by atoms with Gasteiger partial charge in [0.15, 0.2) is 0 Å². The fraction of sp³-hybridized carbons (Fsp3) is 0.667. The van der Waals surface area contributed by atoms with Crippen molar-refractivity contribution in [1.29, 1.82) is 0 Å². The highest BCUT2D eigenvalue weighted by Gasteiger charge is 2.23. The molecule has 20 heavy (non-hydrogen) atoms. The lowest BCUT2D eigenvalue weighted by Gasteiger charge is -2.28. The molecule has 1 fully saturated rings. The number of ether oxygens (including phenoxy) is 3. The first-order chi connectivity index (χ1) is 9.72. The number of aromatic nitrogens is 1. The van der Waals surface area contributed by atoms with Crippen molar-refractivity contribution in [3.8, 4) is 11.8 Å². The Kier molecular flexibility index (Phi) is 5.47. The molecular formula is C15H24N2O3. The minimum absolute atomic E-state index is 0.156. The normalized spacial score (nSPS) is 22.5. The Morgan fingerprint density at radius 2 is 2.10 bits per heavy atom. The van der Waals surface area contributed by atoms with Crippen molar-refractivity contribution in [2.45, 2.75) is 51.2 Å². The number of pyridine rings is 1. The number of hydrogen-bond donors (Lipinski definition) is 1. The third-order valence-electron chi connectivity index (χ3n) is 3.51. The van der Waals surface area contributed by atoms with Crippen LogP contribution in [-0.4, -0.2) is 30.9 Å². The SMILES string of the molecule is CCCOc1nc(OC2CCCC(OC)C2)ccc1N. The predicted molar refractivity (Wildman–Crippen MR) is 78.1 cm³/mol. The topological polar surface area (TPSA) is 66.6 Å². The second-order valence-corrected chi connectivity index (χ2v) is 5.16. The zero-order valence-electron chi connectivity index (χ0n) is 12.3. The third kappa shape index (κ3) is 4.00. The molecule has 0 aromatic carbocycles. The molecule has 2 N–H and O–H groups in total. The highest BCUT2D eigenvalue weighted by atomic mass is 16.5. The van der Waals surface area contributed by atoms with E-state index in [0.717, 1.165) is 32.1 Å². The van der Waals surface area contributed by atoms with Gasteiger partial charge in [0.1, 0.15) is 6.10 Å². The Morgan fingerprint density at radius 1 is 1.30 bits per heavy atom. The van der Waals surface area contributed by atoms with Crippen LogP contribution in [0, 0.1) is 0 Å². The molecule has 1 aliphatic carbocycles. The van der Waals surface area contributed by atoms with Gasteiger partial charge in [-0.2, -0.15) is 4.98 Å². The number of anilines is 1. The van der Waals surface area contributed by atoms with E-state index in [9.17, 15) is 0 Å². The van der Waals surface area contributed by atoms with E-state index in [4.69, 9.17) is 19.9 Å². The van der Waals surface area contributed by atoms with Crippen LogP contribution < -0.4 is 15.2 Å². The van der Waals surface area contributed by atoms with Gasteiger partial charge in [0.05, 0.1) is 18.4 Å². The highest BCUT2D eigenvalue weighted by molar-refractivity contribution is 5.49. The lowest BCUT2D eigenvalue weighted by atomic mass is 9.95. The molecule has 1 aliphatic rings. The molecule has 0 bridgehead atoms. The maximum absolute atomic E-state index is 5.94. The summed E-state index contributed by atoms with van der Waals surface area (Å²) in [5, 5.41) is 0. The number of methoxy groups -OCH3 is 1. The van der Waals surface area contributed by atoms with E-state index >= 15 is 0 Å². The van der Waals surface area contributed by atoms with Gasteiger partial charge in [-0.25, -0.2) is 0 Å². The van der Waals surface area contributed by atoms with Gasteiger partial charge in [0.25, 0.3) is 0 Å². The fourth-order valence-corrected chi connectivity index (χ4v) is 2.41. The molecule has 0 aliphatic heterocycles. The zero-order valence-corrected chi connectivity index (χ0v) is 12.3. The fourth-order valence-electron chi connectivity index (χ4n) is 2.41. The molecule has 1 saturated carbocycles. The van der Waals surface area contributed by atoms with Gasteiger partial charge in [0, 0.05) is 19.6 Å². The van der Waals surface area contributed by atoms with Crippen LogP contribution in [-0.2, 0) is 4.74 Å². The number of hydrogen-bond acceptors (Lipinski definition) is 5. The standard InChI is InChI=1S/C15H24N2O3/c1-3-9-19-15-13(16)7-8-14(17-15)20-12-6-4-5-11(10-12)18-2/h7-8,11-12H,3-6,9-10,16H2,1-2H3.